The zero-order valence-corrected chi connectivity index (χ0v) is 15.3. The number of carbonyl (C=O) groups excluding carboxylic acids is 3. The van der Waals surface area contributed by atoms with Crippen molar-refractivity contribution < 1.29 is 29.3 Å². The highest BCUT2D eigenvalue weighted by molar-refractivity contribution is 5.87. The van der Waals surface area contributed by atoms with Crippen LogP contribution >= 0.6 is 0 Å². The maximum absolute atomic E-state index is 12.0. The van der Waals surface area contributed by atoms with Crippen LogP contribution in [0.5, 0.6) is 5.75 Å². The number of hydrogen-bond acceptors (Lipinski definition) is 7. The van der Waals surface area contributed by atoms with Gasteiger partial charge in [0, 0.05) is 7.05 Å². The van der Waals surface area contributed by atoms with E-state index in [4.69, 9.17) is 4.74 Å². The lowest BCUT2D eigenvalue weighted by atomic mass is 10.3. The molecule has 0 unspecified atom stereocenters. The highest BCUT2D eigenvalue weighted by atomic mass is 16.5. The number of para-hydroxylation sites is 1. The van der Waals surface area contributed by atoms with Crippen molar-refractivity contribution in [2.75, 3.05) is 39.8 Å². The van der Waals surface area contributed by atoms with Gasteiger partial charge in [-0.1, -0.05) is 18.2 Å². The van der Waals surface area contributed by atoms with Crippen LogP contribution in [0.4, 0.5) is 0 Å². The molecule has 1 fully saturated rings. The molecule has 0 spiro atoms. The van der Waals surface area contributed by atoms with Crippen LogP contribution in [-0.4, -0.2) is 67.5 Å². The largest absolute Gasteiger partial charge is 0.545 e. The number of amides is 1. The van der Waals surface area contributed by atoms with Gasteiger partial charge in [-0.2, -0.15) is 0 Å². The summed E-state index contributed by atoms with van der Waals surface area (Å²) in [4.78, 5) is 34.8. The Morgan fingerprint density at radius 2 is 1.63 bits per heavy atom. The van der Waals surface area contributed by atoms with Gasteiger partial charge in [0.25, 0.3) is 0 Å². The van der Waals surface area contributed by atoms with Gasteiger partial charge >= 0.3 is 0 Å². The van der Waals surface area contributed by atoms with E-state index in [1.165, 1.54) is 12.8 Å². The average molecular weight is 376 g/mol. The predicted molar refractivity (Wildman–Crippen MR) is 94.4 cm³/mol. The van der Waals surface area contributed by atoms with E-state index in [-0.39, 0.29) is 5.91 Å². The predicted octanol–water partition coefficient (Wildman–Crippen LogP) is -1.34. The third kappa shape index (κ3) is 10.7. The van der Waals surface area contributed by atoms with Crippen molar-refractivity contribution in [3.63, 3.8) is 0 Å². The van der Waals surface area contributed by atoms with Crippen LogP contribution in [0.1, 0.15) is 12.8 Å². The van der Waals surface area contributed by atoms with E-state index in [0.717, 1.165) is 18.8 Å². The van der Waals surface area contributed by atoms with Crippen LogP contribution in [0.2, 0.25) is 0 Å². The van der Waals surface area contributed by atoms with Gasteiger partial charge in [0.2, 0.25) is 5.91 Å². The molecule has 0 atom stereocenters. The standard InChI is InChI=1S/C15H22N2O2.C4H4O4/c1-16(15(18)13-17-9-5-6-10-17)11-12-19-14-7-3-2-4-8-14;5-3(6)1-2-4(7)8/h2-4,7-8H,5-6,9-13H2,1H3;1-2H,(H,5,6)(H,7,8)/p-2/b;2-1+. The molecule has 27 heavy (non-hydrogen) atoms. The first-order chi connectivity index (χ1) is 12.9. The second-order valence-electron chi connectivity index (χ2n) is 5.93. The Balaban J connectivity index is 0.000000387. The van der Waals surface area contributed by atoms with Gasteiger partial charge in [0.15, 0.2) is 0 Å². The Labute approximate surface area is 158 Å². The van der Waals surface area contributed by atoms with E-state index in [9.17, 15) is 24.6 Å². The molecule has 1 aromatic rings. The van der Waals surface area contributed by atoms with E-state index in [1.54, 1.807) is 4.90 Å². The maximum atomic E-state index is 12.0. The lowest BCUT2D eigenvalue weighted by molar-refractivity contribution is -0.301. The lowest BCUT2D eigenvalue weighted by Crippen LogP contribution is -2.38. The summed E-state index contributed by atoms with van der Waals surface area (Å²) in [7, 11) is 1.84. The molecule has 0 radical (unpaired) electrons. The highest BCUT2D eigenvalue weighted by Crippen LogP contribution is 2.09. The van der Waals surface area contributed by atoms with Gasteiger partial charge in [-0.25, -0.2) is 0 Å². The fourth-order valence-electron chi connectivity index (χ4n) is 2.33. The van der Waals surface area contributed by atoms with Gasteiger partial charge in [-0.3, -0.25) is 9.69 Å². The van der Waals surface area contributed by atoms with Crippen molar-refractivity contribution in [2.45, 2.75) is 12.8 Å². The van der Waals surface area contributed by atoms with Gasteiger partial charge in [0.05, 0.1) is 25.0 Å². The molecular weight excluding hydrogens is 352 g/mol. The minimum Gasteiger partial charge on any atom is -0.545 e. The molecule has 1 saturated heterocycles. The molecule has 1 aliphatic rings. The Morgan fingerprint density at radius 1 is 1.07 bits per heavy atom. The minimum absolute atomic E-state index is 0.179. The summed E-state index contributed by atoms with van der Waals surface area (Å²) in [6.45, 7) is 3.82. The van der Waals surface area contributed by atoms with E-state index >= 15 is 0 Å². The van der Waals surface area contributed by atoms with Crippen molar-refractivity contribution in [3.8, 4) is 5.75 Å². The minimum atomic E-state index is -1.55. The number of aliphatic carboxylic acids is 2. The smallest absolute Gasteiger partial charge is 0.236 e. The summed E-state index contributed by atoms with van der Waals surface area (Å²) >= 11 is 0. The maximum Gasteiger partial charge on any atom is 0.236 e. The van der Waals surface area contributed by atoms with Gasteiger partial charge in [-0.15, -0.1) is 0 Å². The summed E-state index contributed by atoms with van der Waals surface area (Å²) in [6, 6.07) is 9.69. The van der Waals surface area contributed by atoms with Crippen molar-refractivity contribution in [1.29, 1.82) is 0 Å². The number of hydrogen-bond donors (Lipinski definition) is 0. The molecule has 148 valence electrons. The lowest BCUT2D eigenvalue weighted by Gasteiger charge is -2.21. The summed E-state index contributed by atoms with van der Waals surface area (Å²) < 4.78 is 5.59. The molecule has 0 saturated carbocycles. The molecule has 0 aliphatic carbocycles. The van der Waals surface area contributed by atoms with Crippen LogP contribution in [-0.2, 0) is 14.4 Å². The van der Waals surface area contributed by atoms with Gasteiger partial charge in [0.1, 0.15) is 12.4 Å². The zero-order chi connectivity index (χ0) is 20.1. The number of benzene rings is 1. The third-order valence-corrected chi connectivity index (χ3v) is 3.78. The molecule has 8 heteroatoms. The highest BCUT2D eigenvalue weighted by Gasteiger charge is 2.17. The van der Waals surface area contributed by atoms with Crippen molar-refractivity contribution in [1.82, 2.24) is 9.80 Å². The molecule has 2 rings (SSSR count). The number of likely N-dealkylation sites (tertiary alicyclic amines) is 1. The Bertz CT molecular complexity index is 610. The van der Waals surface area contributed by atoms with Crippen molar-refractivity contribution in [2.24, 2.45) is 0 Å². The molecule has 1 heterocycles. The molecule has 0 bridgehead atoms. The van der Waals surface area contributed by atoms with E-state index in [2.05, 4.69) is 4.90 Å². The van der Waals surface area contributed by atoms with Crippen LogP contribution in [0.15, 0.2) is 42.5 Å². The molecule has 0 N–H and O–H groups in total. The summed E-state index contributed by atoms with van der Waals surface area (Å²) in [5.41, 5.74) is 0. The molecule has 1 amide bonds. The van der Waals surface area contributed by atoms with Crippen molar-refractivity contribution in [3.05, 3.63) is 42.5 Å². The number of carboxylic acids is 2. The van der Waals surface area contributed by atoms with E-state index in [0.29, 0.717) is 31.8 Å². The first-order valence-electron chi connectivity index (χ1n) is 8.62. The number of likely N-dealkylation sites (N-methyl/N-ethyl adjacent to an activating group) is 1. The van der Waals surface area contributed by atoms with Crippen LogP contribution < -0.4 is 14.9 Å². The Hall–Kier alpha value is -2.87. The summed E-state index contributed by atoms with van der Waals surface area (Å²) in [5.74, 6) is -2.06. The quantitative estimate of drug-likeness (QED) is 0.516. The van der Waals surface area contributed by atoms with Crippen LogP contribution in [0.25, 0.3) is 0 Å². The summed E-state index contributed by atoms with van der Waals surface area (Å²) in [5, 5.41) is 18.8. The van der Waals surface area contributed by atoms with Crippen molar-refractivity contribution >= 4 is 17.8 Å². The van der Waals surface area contributed by atoms with E-state index in [1.807, 2.05) is 37.4 Å². The second-order valence-corrected chi connectivity index (χ2v) is 5.93. The first-order valence-corrected chi connectivity index (χ1v) is 8.62. The van der Waals surface area contributed by atoms with Gasteiger partial charge < -0.3 is 29.4 Å². The second kappa shape index (κ2) is 12.5. The topological polar surface area (TPSA) is 113 Å². The van der Waals surface area contributed by atoms with Crippen LogP contribution in [0, 0.1) is 0 Å². The zero-order valence-electron chi connectivity index (χ0n) is 15.3. The Morgan fingerprint density at radius 3 is 2.15 bits per heavy atom. The number of nitrogens with zero attached hydrogens (tertiary/aromatic N) is 2. The fraction of sp³-hybridized carbons (Fsp3) is 0.421. The Kier molecular flexibility index (Phi) is 10.2. The number of carbonyl (C=O) groups is 3. The molecule has 1 aliphatic heterocycles. The summed E-state index contributed by atoms with van der Waals surface area (Å²) in [6.07, 6.45) is 3.20. The SMILES string of the molecule is CN(CCOc1ccccc1)C(=O)CN1CCCC1.O=C([O-])/C=C/C(=O)[O-]. The fourth-order valence-corrected chi connectivity index (χ4v) is 2.33. The van der Waals surface area contributed by atoms with E-state index < -0.39 is 11.9 Å². The number of carboxylic acid groups (broad SMARTS) is 2. The number of rotatable bonds is 8. The first kappa shape index (κ1) is 22.2. The molecule has 1 aromatic carbocycles. The molecular formula is C19H24N2O6-2. The molecule has 0 aromatic heterocycles. The van der Waals surface area contributed by atoms with Gasteiger partial charge in [-0.05, 0) is 50.2 Å². The average Bonchev–Trinajstić information content (AvgIpc) is 3.14. The normalized spacial score (nSPS) is 13.7. The number of ether oxygens (including phenoxy) is 1. The third-order valence-electron chi connectivity index (χ3n) is 3.78. The molecule has 8 nitrogen and oxygen atoms in total. The monoisotopic (exact) mass is 376 g/mol. The van der Waals surface area contributed by atoms with Crippen LogP contribution in [0.3, 0.4) is 0 Å².